The van der Waals surface area contributed by atoms with E-state index >= 15 is 0 Å². The van der Waals surface area contributed by atoms with Crippen LogP contribution in [0.3, 0.4) is 0 Å². The highest BCUT2D eigenvalue weighted by Crippen LogP contribution is 2.33. The number of halogens is 2. The molecule has 9 heteroatoms. The predicted octanol–water partition coefficient (Wildman–Crippen LogP) is 4.69. The highest BCUT2D eigenvalue weighted by Gasteiger charge is 2.20. The van der Waals surface area contributed by atoms with Crippen LogP contribution in [0.25, 0.3) is 11.4 Å². The summed E-state index contributed by atoms with van der Waals surface area (Å²) in [6, 6.07) is 10.8. The third kappa shape index (κ3) is 4.98. The molecule has 2 N–H and O–H groups in total. The summed E-state index contributed by atoms with van der Waals surface area (Å²) in [5.41, 5.74) is 6.14. The van der Waals surface area contributed by atoms with E-state index in [1.807, 2.05) is 42.9 Å². The molecule has 0 aliphatic carbocycles. The van der Waals surface area contributed by atoms with Gasteiger partial charge in [0.1, 0.15) is 11.6 Å². The first kappa shape index (κ1) is 23.0. The summed E-state index contributed by atoms with van der Waals surface area (Å²) in [5.74, 6) is 0.740. The third-order valence-electron chi connectivity index (χ3n) is 4.97. The molecule has 3 aromatic rings. The van der Waals surface area contributed by atoms with Crippen LogP contribution in [-0.4, -0.2) is 28.9 Å². The summed E-state index contributed by atoms with van der Waals surface area (Å²) in [6.45, 7) is 7.01. The predicted molar refractivity (Wildman–Crippen MR) is 122 cm³/mol. The van der Waals surface area contributed by atoms with Crippen molar-refractivity contribution in [2.45, 2.75) is 32.7 Å². The number of anilines is 2. The number of hydrogen-bond donors (Lipinski definition) is 2. The van der Waals surface area contributed by atoms with E-state index in [2.05, 4.69) is 41.7 Å². The molecule has 1 aromatic heterocycles. The zero-order chi connectivity index (χ0) is 22.8. The number of benzene rings is 2. The van der Waals surface area contributed by atoms with Crippen LogP contribution in [-0.2, 0) is 23.8 Å². The van der Waals surface area contributed by atoms with Gasteiger partial charge in [-0.05, 0) is 36.2 Å². The topological polar surface area (TPSA) is 67.2 Å². The van der Waals surface area contributed by atoms with Gasteiger partial charge in [-0.15, -0.1) is 10.2 Å². The quantitative estimate of drug-likeness (QED) is 0.513. The number of aromatic nitrogens is 3. The fourth-order valence-corrected chi connectivity index (χ4v) is 3.32. The van der Waals surface area contributed by atoms with Crippen LogP contribution in [0, 0.1) is 5.82 Å². The Morgan fingerprint density at radius 3 is 2.42 bits per heavy atom. The monoisotopic (exact) mass is 446 g/mol. The van der Waals surface area contributed by atoms with Crippen LogP contribution in [0.15, 0.2) is 36.4 Å². The normalized spacial score (nSPS) is 11.6. The number of nitrogens with zero attached hydrogens (tertiary/aromatic N) is 4. The van der Waals surface area contributed by atoms with Gasteiger partial charge in [0, 0.05) is 18.7 Å². The fourth-order valence-electron chi connectivity index (χ4n) is 3.15. The molecule has 0 atom stereocenters. The summed E-state index contributed by atoms with van der Waals surface area (Å²) < 4.78 is 16.2. The zero-order valence-corrected chi connectivity index (χ0v) is 19.4. The molecule has 0 aliphatic heterocycles. The minimum Gasteiger partial charge on any atom is -0.313 e. The smallest absolute Gasteiger partial charge is 0.165 e. The summed E-state index contributed by atoms with van der Waals surface area (Å²) in [4.78, 5) is 5.51. The first-order valence-corrected chi connectivity index (χ1v) is 10.3. The van der Waals surface area contributed by atoms with Crippen molar-refractivity contribution < 1.29 is 9.23 Å². The molecule has 0 aliphatic rings. The van der Waals surface area contributed by atoms with Crippen molar-refractivity contribution >= 4 is 23.0 Å². The Labute approximate surface area is 187 Å². The first-order valence-electron chi connectivity index (χ1n) is 9.89. The molecule has 0 fully saturated rings. The second kappa shape index (κ2) is 9.21. The summed E-state index contributed by atoms with van der Waals surface area (Å²) in [5, 5.41) is 13.0. The Hall–Kier alpha value is -2.68. The van der Waals surface area contributed by atoms with Gasteiger partial charge in [0.25, 0.3) is 0 Å². The molecule has 1 heterocycles. The maximum atomic E-state index is 14.4. The number of rotatable bonds is 7. The molecule has 3 rings (SSSR count). The molecule has 0 saturated heterocycles. The Balaban J connectivity index is 1.99. The van der Waals surface area contributed by atoms with Gasteiger partial charge in [-0.25, -0.2) is 4.39 Å². The molecule has 0 amide bonds. The van der Waals surface area contributed by atoms with Gasteiger partial charge in [0.05, 0.1) is 30.1 Å². The van der Waals surface area contributed by atoms with Gasteiger partial charge in [-0.2, -0.15) is 5.17 Å². The standard InChI is InChI=1S/C22H28ClFN6O/c1-22(2,3)14-7-9-15(10-8-14)30(31-6)28-19-12-18(24)17(23)11-16(19)21-27-26-20(13-25-4)29(21)5/h7-12,25,28H,13H2,1-6H3. The maximum Gasteiger partial charge on any atom is 0.165 e. The van der Waals surface area contributed by atoms with E-state index in [4.69, 9.17) is 16.4 Å². The first-order chi connectivity index (χ1) is 14.7. The summed E-state index contributed by atoms with van der Waals surface area (Å²) >= 11 is 6.09. The molecule has 7 nitrogen and oxygen atoms in total. The van der Waals surface area contributed by atoms with Gasteiger partial charge in [0.15, 0.2) is 5.82 Å². The molecule has 0 unspecified atom stereocenters. The lowest BCUT2D eigenvalue weighted by Gasteiger charge is -2.26. The van der Waals surface area contributed by atoms with Crippen molar-refractivity contribution in [1.29, 1.82) is 0 Å². The second-order valence-electron chi connectivity index (χ2n) is 8.23. The molecule has 31 heavy (non-hydrogen) atoms. The number of hydrogen-bond acceptors (Lipinski definition) is 6. The Morgan fingerprint density at radius 2 is 1.84 bits per heavy atom. The van der Waals surface area contributed by atoms with Gasteiger partial charge >= 0.3 is 0 Å². The van der Waals surface area contributed by atoms with Crippen LogP contribution in [0.2, 0.25) is 5.02 Å². The van der Waals surface area contributed by atoms with E-state index < -0.39 is 5.82 Å². The minimum absolute atomic E-state index is 0.00258. The molecule has 166 valence electrons. The molecule has 0 saturated carbocycles. The molecular weight excluding hydrogens is 419 g/mol. The summed E-state index contributed by atoms with van der Waals surface area (Å²) in [6.07, 6.45) is 0. The number of nitrogens with one attached hydrogen (secondary N) is 2. The van der Waals surface area contributed by atoms with E-state index in [1.54, 1.807) is 0 Å². The lowest BCUT2D eigenvalue weighted by atomic mass is 9.87. The van der Waals surface area contributed by atoms with E-state index in [1.165, 1.54) is 30.0 Å². The van der Waals surface area contributed by atoms with Crippen molar-refractivity contribution in [2.75, 3.05) is 24.8 Å². The van der Waals surface area contributed by atoms with Gasteiger partial charge in [-0.1, -0.05) is 44.5 Å². The zero-order valence-electron chi connectivity index (χ0n) is 18.6. The van der Waals surface area contributed by atoms with Gasteiger partial charge < -0.3 is 9.88 Å². The van der Waals surface area contributed by atoms with Crippen LogP contribution in [0.4, 0.5) is 15.8 Å². The minimum atomic E-state index is -0.551. The molecule has 0 radical (unpaired) electrons. The lowest BCUT2D eigenvalue weighted by Crippen LogP contribution is -2.29. The van der Waals surface area contributed by atoms with Crippen molar-refractivity contribution in [3.8, 4) is 11.4 Å². The molecule has 2 aromatic carbocycles. The van der Waals surface area contributed by atoms with Crippen LogP contribution in [0.1, 0.15) is 32.2 Å². The fraction of sp³-hybridized carbons (Fsp3) is 0.364. The lowest BCUT2D eigenvalue weighted by molar-refractivity contribution is 0.183. The van der Waals surface area contributed by atoms with Gasteiger partial charge in [-0.3, -0.25) is 10.3 Å². The average Bonchev–Trinajstić information content (AvgIpc) is 3.08. The van der Waals surface area contributed by atoms with Crippen molar-refractivity contribution in [2.24, 2.45) is 7.05 Å². The molecular formula is C22H28ClFN6O. The average molecular weight is 447 g/mol. The van der Waals surface area contributed by atoms with Crippen LogP contribution >= 0.6 is 11.6 Å². The highest BCUT2D eigenvalue weighted by molar-refractivity contribution is 6.31. The summed E-state index contributed by atoms with van der Waals surface area (Å²) in [7, 11) is 5.21. The van der Waals surface area contributed by atoms with E-state index in [-0.39, 0.29) is 10.4 Å². The largest absolute Gasteiger partial charge is 0.313 e. The van der Waals surface area contributed by atoms with Crippen LogP contribution in [0.5, 0.6) is 0 Å². The van der Waals surface area contributed by atoms with Gasteiger partial charge in [0.2, 0.25) is 0 Å². The SMILES string of the molecule is CNCc1nnc(-c2cc(Cl)c(F)cc2NN(OC)c2ccc(C(C)(C)C)cc2)n1C. The second-order valence-corrected chi connectivity index (χ2v) is 8.63. The van der Waals surface area contributed by atoms with E-state index in [0.29, 0.717) is 23.6 Å². The van der Waals surface area contributed by atoms with Crippen molar-refractivity contribution in [3.63, 3.8) is 0 Å². The van der Waals surface area contributed by atoms with Crippen LogP contribution < -0.4 is 15.9 Å². The van der Waals surface area contributed by atoms with E-state index in [0.717, 1.165) is 11.5 Å². The Kier molecular flexibility index (Phi) is 6.83. The Morgan fingerprint density at radius 1 is 1.16 bits per heavy atom. The highest BCUT2D eigenvalue weighted by atomic mass is 35.5. The molecule has 0 spiro atoms. The Bertz CT molecular complexity index is 1050. The molecule has 0 bridgehead atoms. The van der Waals surface area contributed by atoms with Crippen molar-refractivity contribution in [1.82, 2.24) is 20.1 Å². The van der Waals surface area contributed by atoms with E-state index in [9.17, 15) is 4.39 Å². The maximum absolute atomic E-state index is 14.4. The number of hydrazine groups is 1. The third-order valence-corrected chi connectivity index (χ3v) is 5.26. The van der Waals surface area contributed by atoms with Crippen molar-refractivity contribution in [3.05, 3.63) is 58.6 Å².